The molecule has 3 aromatic rings. The van der Waals surface area contributed by atoms with Gasteiger partial charge in [0.05, 0.1) is 24.0 Å². The SMILES string of the molecule is [C-]#[N+]c1c(-c2ccco2)n(CCNC(=O)C(F)(F)F)c2c(Cl)ncnc12. The number of nitrogens with zero attached hydrogens (tertiary/aromatic N) is 4. The predicted molar refractivity (Wildman–Crippen MR) is 85.6 cm³/mol. The van der Waals surface area contributed by atoms with Crippen LogP contribution < -0.4 is 5.32 Å². The first-order chi connectivity index (χ1) is 12.3. The van der Waals surface area contributed by atoms with Gasteiger partial charge in [0.25, 0.3) is 0 Å². The van der Waals surface area contributed by atoms with Crippen molar-refractivity contribution in [2.45, 2.75) is 12.7 Å². The second-order valence-electron chi connectivity index (χ2n) is 5.05. The Morgan fingerprint density at radius 2 is 2.19 bits per heavy atom. The molecule has 0 saturated heterocycles. The quantitative estimate of drug-likeness (QED) is 0.552. The van der Waals surface area contributed by atoms with E-state index in [1.165, 1.54) is 17.2 Å². The molecule has 0 aliphatic rings. The van der Waals surface area contributed by atoms with Gasteiger partial charge >= 0.3 is 12.1 Å². The first kappa shape index (κ1) is 17.8. The number of alkyl halides is 3. The van der Waals surface area contributed by atoms with E-state index in [0.29, 0.717) is 11.5 Å². The molecule has 7 nitrogen and oxygen atoms in total. The Hall–Kier alpha value is -3.06. The van der Waals surface area contributed by atoms with E-state index in [1.54, 1.807) is 17.4 Å². The Balaban J connectivity index is 2.07. The maximum atomic E-state index is 12.3. The van der Waals surface area contributed by atoms with E-state index in [1.807, 2.05) is 0 Å². The molecule has 1 amide bonds. The summed E-state index contributed by atoms with van der Waals surface area (Å²) in [6.45, 7) is 6.98. The van der Waals surface area contributed by atoms with Crippen molar-refractivity contribution in [2.75, 3.05) is 6.54 Å². The molecule has 0 saturated carbocycles. The number of carbonyl (C=O) groups excluding carboxylic acids is 1. The molecule has 11 heteroatoms. The Kier molecular flexibility index (Phi) is 4.56. The molecule has 0 bridgehead atoms. The lowest BCUT2D eigenvalue weighted by molar-refractivity contribution is -0.173. The first-order valence-electron chi connectivity index (χ1n) is 7.13. The summed E-state index contributed by atoms with van der Waals surface area (Å²) in [7, 11) is 0. The number of furan rings is 1. The molecule has 0 atom stereocenters. The van der Waals surface area contributed by atoms with E-state index >= 15 is 0 Å². The molecule has 0 radical (unpaired) electrons. The minimum atomic E-state index is -4.98. The summed E-state index contributed by atoms with van der Waals surface area (Å²) in [5.74, 6) is -1.74. The fourth-order valence-electron chi connectivity index (χ4n) is 2.50. The Morgan fingerprint density at radius 3 is 2.81 bits per heavy atom. The van der Waals surface area contributed by atoms with Gasteiger partial charge < -0.3 is 14.3 Å². The topological polar surface area (TPSA) is 77.3 Å². The molecule has 0 fully saturated rings. The van der Waals surface area contributed by atoms with E-state index in [2.05, 4.69) is 14.8 Å². The zero-order valence-corrected chi connectivity index (χ0v) is 13.6. The van der Waals surface area contributed by atoms with Crippen LogP contribution in [0.5, 0.6) is 0 Å². The van der Waals surface area contributed by atoms with Crippen LogP contribution >= 0.6 is 11.6 Å². The van der Waals surface area contributed by atoms with Crippen molar-refractivity contribution in [3.8, 4) is 11.5 Å². The number of fused-ring (bicyclic) bond motifs is 1. The molecule has 3 heterocycles. The van der Waals surface area contributed by atoms with Crippen LogP contribution in [0, 0.1) is 6.57 Å². The number of amides is 1. The largest absolute Gasteiger partial charge is 0.471 e. The highest BCUT2D eigenvalue weighted by Crippen LogP contribution is 2.41. The number of aromatic nitrogens is 3. The van der Waals surface area contributed by atoms with Crippen LogP contribution in [-0.2, 0) is 11.3 Å². The predicted octanol–water partition coefficient (Wildman–Crippen LogP) is 3.57. The molecule has 0 spiro atoms. The van der Waals surface area contributed by atoms with Crippen LogP contribution in [-0.4, -0.2) is 33.2 Å². The van der Waals surface area contributed by atoms with Crippen molar-refractivity contribution < 1.29 is 22.4 Å². The molecule has 0 aliphatic carbocycles. The van der Waals surface area contributed by atoms with Gasteiger partial charge in [0.1, 0.15) is 17.6 Å². The maximum absolute atomic E-state index is 12.3. The van der Waals surface area contributed by atoms with Crippen molar-refractivity contribution in [2.24, 2.45) is 0 Å². The molecule has 1 N–H and O–H groups in total. The highest BCUT2D eigenvalue weighted by molar-refractivity contribution is 6.34. The van der Waals surface area contributed by atoms with E-state index in [9.17, 15) is 18.0 Å². The van der Waals surface area contributed by atoms with Gasteiger partial charge in [-0.1, -0.05) is 11.6 Å². The summed E-state index contributed by atoms with van der Waals surface area (Å²) in [6.07, 6.45) is -2.41. The van der Waals surface area contributed by atoms with E-state index in [-0.39, 0.29) is 35.0 Å². The minimum absolute atomic E-state index is 0.0276. The summed E-state index contributed by atoms with van der Waals surface area (Å²) < 4.78 is 43.8. The maximum Gasteiger partial charge on any atom is 0.471 e. The number of hydrogen-bond donors (Lipinski definition) is 1. The number of nitrogens with one attached hydrogen (secondary N) is 1. The van der Waals surface area contributed by atoms with Gasteiger partial charge in [-0.05, 0) is 12.1 Å². The highest BCUT2D eigenvalue weighted by Gasteiger charge is 2.38. The average Bonchev–Trinajstić information content (AvgIpc) is 3.20. The molecule has 0 unspecified atom stereocenters. The highest BCUT2D eigenvalue weighted by atomic mass is 35.5. The van der Waals surface area contributed by atoms with Crippen LogP contribution in [0.2, 0.25) is 5.15 Å². The lowest BCUT2D eigenvalue weighted by atomic mass is 10.3. The van der Waals surface area contributed by atoms with Crippen molar-refractivity contribution in [1.29, 1.82) is 0 Å². The van der Waals surface area contributed by atoms with E-state index < -0.39 is 12.1 Å². The summed E-state index contributed by atoms with van der Waals surface area (Å²) in [5, 5.41) is 1.81. The third-order valence-electron chi connectivity index (χ3n) is 3.51. The van der Waals surface area contributed by atoms with E-state index in [0.717, 1.165) is 0 Å². The minimum Gasteiger partial charge on any atom is -0.464 e. The van der Waals surface area contributed by atoms with Gasteiger partial charge in [-0.25, -0.2) is 14.8 Å². The van der Waals surface area contributed by atoms with Gasteiger partial charge in [-0.15, -0.1) is 0 Å². The van der Waals surface area contributed by atoms with Crippen LogP contribution in [0.1, 0.15) is 0 Å². The lowest BCUT2D eigenvalue weighted by Crippen LogP contribution is -2.38. The normalized spacial score (nSPS) is 11.5. The van der Waals surface area contributed by atoms with Gasteiger partial charge in [0, 0.05) is 13.1 Å². The summed E-state index contributed by atoms with van der Waals surface area (Å²) in [5.41, 5.74) is 0.937. The monoisotopic (exact) mass is 383 g/mol. The fourth-order valence-corrected chi connectivity index (χ4v) is 2.73. The first-order valence-corrected chi connectivity index (χ1v) is 7.51. The summed E-state index contributed by atoms with van der Waals surface area (Å²) in [4.78, 5) is 22.3. The third kappa shape index (κ3) is 3.09. The molecular formula is C15H9ClF3N5O2. The molecular weight excluding hydrogens is 375 g/mol. The van der Waals surface area contributed by atoms with Crippen molar-refractivity contribution in [3.05, 3.63) is 41.3 Å². The molecule has 134 valence electrons. The fraction of sp³-hybridized carbons (Fsp3) is 0.200. The van der Waals surface area contributed by atoms with Gasteiger partial charge in [-0.3, -0.25) is 4.79 Å². The molecule has 26 heavy (non-hydrogen) atoms. The summed E-state index contributed by atoms with van der Waals surface area (Å²) >= 11 is 6.11. The Bertz CT molecular complexity index is 1010. The molecule has 3 rings (SSSR count). The second kappa shape index (κ2) is 6.68. The van der Waals surface area contributed by atoms with Crippen molar-refractivity contribution in [3.63, 3.8) is 0 Å². The zero-order valence-electron chi connectivity index (χ0n) is 12.8. The Morgan fingerprint density at radius 1 is 1.42 bits per heavy atom. The van der Waals surface area contributed by atoms with E-state index in [4.69, 9.17) is 22.6 Å². The van der Waals surface area contributed by atoms with Crippen LogP contribution in [0.3, 0.4) is 0 Å². The van der Waals surface area contributed by atoms with Crippen molar-refractivity contribution >= 4 is 34.2 Å². The number of rotatable bonds is 4. The van der Waals surface area contributed by atoms with Crippen LogP contribution in [0.15, 0.2) is 29.1 Å². The third-order valence-corrected chi connectivity index (χ3v) is 3.79. The standard InChI is InChI=1S/C15H9ClF3N5O2/c1-20-9-10-12(13(16)23-7-22-10)24(11(9)8-3-2-6-26-8)5-4-21-14(25)15(17,18)19/h2-3,6-7H,4-5H2,(H,21,25). The smallest absolute Gasteiger partial charge is 0.464 e. The van der Waals surface area contributed by atoms with Gasteiger partial charge in [0.2, 0.25) is 5.69 Å². The zero-order chi connectivity index (χ0) is 18.9. The molecule has 0 aliphatic heterocycles. The van der Waals surface area contributed by atoms with Crippen LogP contribution in [0.4, 0.5) is 18.9 Å². The van der Waals surface area contributed by atoms with Gasteiger partial charge in [-0.2, -0.15) is 13.2 Å². The van der Waals surface area contributed by atoms with Crippen molar-refractivity contribution in [1.82, 2.24) is 19.9 Å². The second-order valence-corrected chi connectivity index (χ2v) is 5.41. The molecule has 0 aromatic carbocycles. The average molecular weight is 384 g/mol. The molecule has 3 aromatic heterocycles. The lowest BCUT2D eigenvalue weighted by Gasteiger charge is -2.12. The summed E-state index contributed by atoms with van der Waals surface area (Å²) in [6, 6.07) is 3.19. The number of halogens is 4. The number of hydrogen-bond acceptors (Lipinski definition) is 4. The van der Waals surface area contributed by atoms with Crippen LogP contribution in [0.25, 0.3) is 27.3 Å². The number of carbonyl (C=O) groups is 1. The van der Waals surface area contributed by atoms with Gasteiger partial charge in [0.15, 0.2) is 5.15 Å². The Labute approximate surface area is 149 Å².